The van der Waals surface area contributed by atoms with Crippen LogP contribution in [0.1, 0.15) is 28.8 Å². The molecule has 0 atom stereocenters. The van der Waals surface area contributed by atoms with E-state index in [1.165, 1.54) is 17.4 Å². The lowest BCUT2D eigenvalue weighted by molar-refractivity contribution is 0.280. The highest BCUT2D eigenvalue weighted by Crippen LogP contribution is 2.17. The molecule has 5 nitrogen and oxygen atoms in total. The van der Waals surface area contributed by atoms with Crippen LogP contribution in [-0.2, 0) is 29.6 Å². The molecule has 0 aliphatic rings. The Balaban J connectivity index is 2.19. The molecule has 114 valence electrons. The van der Waals surface area contributed by atoms with Crippen molar-refractivity contribution in [1.29, 1.82) is 0 Å². The van der Waals surface area contributed by atoms with Crippen molar-refractivity contribution >= 4 is 21.4 Å². The van der Waals surface area contributed by atoms with Crippen molar-refractivity contribution < 1.29 is 13.5 Å². The number of benzene rings is 1. The Morgan fingerprint density at radius 3 is 2.67 bits per heavy atom. The second-order valence-electron chi connectivity index (χ2n) is 4.65. The van der Waals surface area contributed by atoms with Crippen LogP contribution in [0.15, 0.2) is 28.5 Å². The molecule has 1 aromatic carbocycles. The Kier molecular flexibility index (Phi) is 5.10. The lowest BCUT2D eigenvalue weighted by Gasteiger charge is -2.10. The second-order valence-corrected chi connectivity index (χ2v) is 7.36. The third-order valence-electron chi connectivity index (χ3n) is 3.12. The van der Waals surface area contributed by atoms with Gasteiger partial charge in [0.05, 0.1) is 18.0 Å². The Hall–Kier alpha value is -1.28. The number of sulfonamides is 1. The Bertz CT molecular complexity index is 724. The Morgan fingerprint density at radius 1 is 1.33 bits per heavy atom. The van der Waals surface area contributed by atoms with E-state index in [0.717, 1.165) is 22.7 Å². The molecule has 21 heavy (non-hydrogen) atoms. The van der Waals surface area contributed by atoms with Crippen LogP contribution in [0.5, 0.6) is 0 Å². The van der Waals surface area contributed by atoms with Gasteiger partial charge in [-0.15, -0.1) is 11.3 Å². The van der Waals surface area contributed by atoms with E-state index in [4.69, 9.17) is 0 Å². The molecule has 0 aliphatic carbocycles. The van der Waals surface area contributed by atoms with E-state index in [0.29, 0.717) is 5.56 Å². The number of thiazole rings is 1. The minimum absolute atomic E-state index is 0.164. The van der Waals surface area contributed by atoms with Gasteiger partial charge in [0.15, 0.2) is 0 Å². The number of nitrogens with one attached hydrogen (secondary N) is 1. The van der Waals surface area contributed by atoms with Crippen LogP contribution in [0.4, 0.5) is 0 Å². The third kappa shape index (κ3) is 3.88. The minimum atomic E-state index is -3.60. The fourth-order valence-electron chi connectivity index (χ4n) is 1.99. The number of aliphatic hydroxyl groups is 1. The summed E-state index contributed by atoms with van der Waals surface area (Å²) in [5.74, 6) is 0. The lowest BCUT2D eigenvalue weighted by Crippen LogP contribution is -2.23. The van der Waals surface area contributed by atoms with Gasteiger partial charge in [-0.1, -0.05) is 13.0 Å². The zero-order valence-electron chi connectivity index (χ0n) is 12.0. The van der Waals surface area contributed by atoms with E-state index in [1.54, 1.807) is 12.1 Å². The molecule has 0 bridgehead atoms. The van der Waals surface area contributed by atoms with E-state index in [1.807, 2.05) is 19.2 Å². The normalized spacial score (nSPS) is 11.8. The van der Waals surface area contributed by atoms with Crippen LogP contribution in [0.2, 0.25) is 0 Å². The fourth-order valence-corrected chi connectivity index (χ4v) is 3.83. The van der Waals surface area contributed by atoms with Crippen molar-refractivity contribution in [3.8, 4) is 0 Å². The first-order chi connectivity index (χ1) is 9.96. The quantitative estimate of drug-likeness (QED) is 0.851. The van der Waals surface area contributed by atoms with Gasteiger partial charge in [0.1, 0.15) is 5.01 Å². The van der Waals surface area contributed by atoms with Crippen molar-refractivity contribution in [1.82, 2.24) is 9.71 Å². The van der Waals surface area contributed by atoms with E-state index in [-0.39, 0.29) is 18.0 Å². The molecule has 1 heterocycles. The lowest BCUT2D eigenvalue weighted by atomic mass is 10.1. The Labute approximate surface area is 128 Å². The predicted molar refractivity (Wildman–Crippen MR) is 82.6 cm³/mol. The SMILES string of the molecule is CCc1ccc(S(=O)(=O)NCc2nc(C)cs2)cc1CO. The fraction of sp³-hybridized carbons (Fsp3) is 0.357. The summed E-state index contributed by atoms with van der Waals surface area (Å²) in [5.41, 5.74) is 2.47. The van der Waals surface area contributed by atoms with Crippen LogP contribution in [0, 0.1) is 6.92 Å². The number of nitrogens with zero attached hydrogens (tertiary/aromatic N) is 1. The van der Waals surface area contributed by atoms with Gasteiger partial charge >= 0.3 is 0 Å². The van der Waals surface area contributed by atoms with Gasteiger partial charge in [-0.05, 0) is 36.6 Å². The molecule has 0 aliphatic heterocycles. The molecule has 0 saturated heterocycles. The van der Waals surface area contributed by atoms with Gasteiger partial charge in [-0.2, -0.15) is 0 Å². The molecule has 0 unspecified atom stereocenters. The standard InChI is InChI=1S/C14H18N2O3S2/c1-3-11-4-5-13(6-12(11)8-17)21(18,19)15-7-14-16-10(2)9-20-14/h4-6,9,15,17H,3,7-8H2,1-2H3. The summed E-state index contributed by atoms with van der Waals surface area (Å²) in [6, 6.07) is 4.83. The van der Waals surface area contributed by atoms with Gasteiger partial charge in [0, 0.05) is 11.1 Å². The van der Waals surface area contributed by atoms with Gasteiger partial charge in [-0.3, -0.25) is 0 Å². The van der Waals surface area contributed by atoms with E-state index in [9.17, 15) is 13.5 Å². The molecule has 0 spiro atoms. The smallest absolute Gasteiger partial charge is 0.240 e. The maximum absolute atomic E-state index is 12.3. The molecule has 2 rings (SSSR count). The Morgan fingerprint density at radius 2 is 2.10 bits per heavy atom. The number of aromatic nitrogens is 1. The van der Waals surface area contributed by atoms with E-state index < -0.39 is 10.0 Å². The summed E-state index contributed by atoms with van der Waals surface area (Å²) in [6.45, 7) is 3.83. The summed E-state index contributed by atoms with van der Waals surface area (Å²) in [4.78, 5) is 4.38. The molecule has 1 aromatic heterocycles. The molecular weight excluding hydrogens is 308 g/mol. The number of rotatable bonds is 6. The van der Waals surface area contributed by atoms with Crippen molar-refractivity contribution in [2.75, 3.05) is 0 Å². The van der Waals surface area contributed by atoms with Crippen LogP contribution in [-0.4, -0.2) is 18.5 Å². The topological polar surface area (TPSA) is 79.3 Å². The first-order valence-electron chi connectivity index (χ1n) is 6.59. The highest BCUT2D eigenvalue weighted by molar-refractivity contribution is 7.89. The number of aryl methyl sites for hydroxylation is 2. The summed E-state index contributed by atoms with van der Waals surface area (Å²) in [5, 5.41) is 11.9. The molecule has 7 heteroatoms. The average Bonchev–Trinajstić information content (AvgIpc) is 2.90. The minimum Gasteiger partial charge on any atom is -0.392 e. The molecule has 0 amide bonds. The second kappa shape index (κ2) is 6.65. The molecule has 0 fully saturated rings. The summed E-state index contributed by atoms with van der Waals surface area (Å²) < 4.78 is 27.1. The summed E-state index contributed by atoms with van der Waals surface area (Å²) >= 11 is 1.42. The molecule has 0 radical (unpaired) electrons. The van der Waals surface area contributed by atoms with Crippen molar-refractivity contribution in [3.05, 3.63) is 45.4 Å². The van der Waals surface area contributed by atoms with Crippen LogP contribution >= 0.6 is 11.3 Å². The van der Waals surface area contributed by atoms with Crippen LogP contribution in [0.3, 0.4) is 0 Å². The zero-order chi connectivity index (χ0) is 15.5. The van der Waals surface area contributed by atoms with Gasteiger partial charge in [-0.25, -0.2) is 18.1 Å². The number of hydrogen-bond donors (Lipinski definition) is 2. The predicted octanol–water partition coefficient (Wildman–Crippen LogP) is 1.98. The van der Waals surface area contributed by atoms with Gasteiger partial charge in [0.25, 0.3) is 0 Å². The summed E-state index contributed by atoms with van der Waals surface area (Å²) in [7, 11) is -3.60. The van der Waals surface area contributed by atoms with Crippen molar-refractivity contribution in [2.45, 2.75) is 38.3 Å². The monoisotopic (exact) mass is 326 g/mol. The molecule has 2 aromatic rings. The van der Waals surface area contributed by atoms with Gasteiger partial charge in [0.2, 0.25) is 10.0 Å². The van der Waals surface area contributed by atoms with E-state index >= 15 is 0 Å². The number of hydrogen-bond acceptors (Lipinski definition) is 5. The van der Waals surface area contributed by atoms with Crippen molar-refractivity contribution in [3.63, 3.8) is 0 Å². The van der Waals surface area contributed by atoms with Crippen molar-refractivity contribution in [2.24, 2.45) is 0 Å². The molecule has 0 saturated carbocycles. The van der Waals surface area contributed by atoms with Gasteiger partial charge < -0.3 is 5.11 Å². The average molecular weight is 326 g/mol. The highest BCUT2D eigenvalue weighted by atomic mass is 32.2. The number of aliphatic hydroxyl groups excluding tert-OH is 1. The largest absolute Gasteiger partial charge is 0.392 e. The third-order valence-corrected chi connectivity index (χ3v) is 5.48. The van der Waals surface area contributed by atoms with Crippen LogP contribution < -0.4 is 4.72 Å². The molecular formula is C14H18N2O3S2. The highest BCUT2D eigenvalue weighted by Gasteiger charge is 2.16. The maximum Gasteiger partial charge on any atom is 0.240 e. The first-order valence-corrected chi connectivity index (χ1v) is 8.96. The first kappa shape index (κ1) is 16.1. The zero-order valence-corrected chi connectivity index (χ0v) is 13.6. The maximum atomic E-state index is 12.3. The summed E-state index contributed by atoms with van der Waals surface area (Å²) in [6.07, 6.45) is 0.752. The molecule has 2 N–H and O–H groups in total. The van der Waals surface area contributed by atoms with E-state index in [2.05, 4.69) is 9.71 Å². The van der Waals surface area contributed by atoms with Crippen LogP contribution in [0.25, 0.3) is 0 Å².